The van der Waals surface area contributed by atoms with Crippen molar-refractivity contribution in [2.75, 3.05) is 4.90 Å². The molecule has 0 saturated heterocycles. The first kappa shape index (κ1) is 16.3. The zero-order chi connectivity index (χ0) is 18.1. The molecule has 3 aromatic rings. The number of halogens is 1. The number of benzene rings is 2. The minimum Gasteiger partial charge on any atom is -0.487 e. The number of carbonyl (C=O) groups is 2. The molecule has 1 aromatic heterocycles. The van der Waals surface area contributed by atoms with Gasteiger partial charge in [-0.1, -0.05) is 23.7 Å². The summed E-state index contributed by atoms with van der Waals surface area (Å²) in [4.78, 5) is 30.4. The largest absolute Gasteiger partial charge is 0.487 e. The van der Waals surface area contributed by atoms with Crippen LogP contribution in [0.4, 0.5) is 5.69 Å². The van der Waals surface area contributed by atoms with Crippen molar-refractivity contribution >= 4 is 29.1 Å². The second kappa shape index (κ2) is 6.61. The van der Waals surface area contributed by atoms with E-state index >= 15 is 0 Å². The van der Waals surface area contributed by atoms with Gasteiger partial charge in [-0.15, -0.1) is 0 Å². The number of carbonyl (C=O) groups excluding carboxylic acids is 2. The van der Waals surface area contributed by atoms with Gasteiger partial charge < -0.3 is 4.74 Å². The number of amides is 2. The third kappa shape index (κ3) is 2.82. The predicted molar refractivity (Wildman–Crippen MR) is 97.6 cm³/mol. The van der Waals surface area contributed by atoms with Crippen molar-refractivity contribution in [1.82, 2.24) is 4.98 Å². The normalized spacial score (nSPS) is 13.0. The average molecular weight is 365 g/mol. The highest BCUT2D eigenvalue weighted by Gasteiger charge is 2.36. The summed E-state index contributed by atoms with van der Waals surface area (Å²) in [6, 6.07) is 15.3. The highest BCUT2D eigenvalue weighted by molar-refractivity contribution is 6.35. The first-order valence-electron chi connectivity index (χ1n) is 7.94. The maximum Gasteiger partial charge on any atom is 0.266 e. The van der Waals surface area contributed by atoms with Crippen LogP contribution in [0.5, 0.6) is 5.75 Å². The van der Waals surface area contributed by atoms with Gasteiger partial charge in [0.25, 0.3) is 11.8 Å². The maximum atomic E-state index is 12.6. The van der Waals surface area contributed by atoms with Crippen LogP contribution in [0.25, 0.3) is 0 Å². The summed E-state index contributed by atoms with van der Waals surface area (Å²) in [7, 11) is 0. The van der Waals surface area contributed by atoms with Gasteiger partial charge in [0.15, 0.2) is 0 Å². The monoisotopic (exact) mass is 364 g/mol. The molecule has 0 N–H and O–H groups in total. The Labute approximate surface area is 154 Å². The van der Waals surface area contributed by atoms with Crippen molar-refractivity contribution in [2.45, 2.75) is 6.61 Å². The van der Waals surface area contributed by atoms with E-state index < -0.39 is 0 Å². The Balaban J connectivity index is 1.62. The first-order chi connectivity index (χ1) is 12.6. The van der Waals surface area contributed by atoms with Crippen molar-refractivity contribution in [2.24, 2.45) is 0 Å². The quantitative estimate of drug-likeness (QED) is 0.653. The molecular weight excluding hydrogens is 352 g/mol. The van der Waals surface area contributed by atoms with E-state index in [1.807, 2.05) is 0 Å². The Morgan fingerprint density at radius 3 is 2.35 bits per heavy atom. The lowest BCUT2D eigenvalue weighted by Crippen LogP contribution is -2.29. The molecule has 2 aromatic carbocycles. The number of ether oxygens (including phenoxy) is 1. The van der Waals surface area contributed by atoms with Crippen molar-refractivity contribution in [3.63, 3.8) is 0 Å². The van der Waals surface area contributed by atoms with E-state index in [0.29, 0.717) is 33.1 Å². The van der Waals surface area contributed by atoms with Crippen molar-refractivity contribution in [3.8, 4) is 5.75 Å². The minimum absolute atomic E-state index is 0.196. The van der Waals surface area contributed by atoms with E-state index in [4.69, 9.17) is 16.3 Å². The van der Waals surface area contributed by atoms with Gasteiger partial charge in [0, 0.05) is 16.8 Å². The topological polar surface area (TPSA) is 59.5 Å². The van der Waals surface area contributed by atoms with Gasteiger partial charge in [-0.2, -0.15) is 0 Å². The molecule has 5 nitrogen and oxygen atoms in total. The molecule has 0 atom stereocenters. The fourth-order valence-electron chi connectivity index (χ4n) is 2.83. The van der Waals surface area contributed by atoms with Crippen LogP contribution < -0.4 is 9.64 Å². The van der Waals surface area contributed by atoms with Gasteiger partial charge >= 0.3 is 0 Å². The fraction of sp³-hybridized carbons (Fsp3) is 0.0500. The molecule has 26 heavy (non-hydrogen) atoms. The molecule has 0 spiro atoms. The zero-order valence-corrected chi connectivity index (χ0v) is 14.3. The van der Waals surface area contributed by atoms with Crippen molar-refractivity contribution in [3.05, 3.63) is 88.7 Å². The molecule has 0 bridgehead atoms. The van der Waals surface area contributed by atoms with E-state index in [0.717, 1.165) is 4.90 Å². The number of fused-ring (bicyclic) bond motifs is 1. The first-order valence-corrected chi connectivity index (χ1v) is 8.32. The molecular formula is C20H13ClN2O3. The summed E-state index contributed by atoms with van der Waals surface area (Å²) < 4.78 is 5.67. The molecule has 0 unspecified atom stereocenters. The molecule has 6 heteroatoms. The third-order valence-corrected chi connectivity index (χ3v) is 4.48. The highest BCUT2D eigenvalue weighted by atomic mass is 35.5. The lowest BCUT2D eigenvalue weighted by Gasteiger charge is -2.16. The summed E-state index contributed by atoms with van der Waals surface area (Å²) in [6.45, 7) is 0.196. The standard InChI is InChI=1S/C20H13ClN2O3/c21-18-8-7-14(10-13(18)12-26-15-4-3-9-22-11-15)23-19(24)16-5-1-2-6-17(16)20(23)25/h1-11H,12H2. The van der Waals surface area contributed by atoms with Crippen molar-refractivity contribution in [1.29, 1.82) is 0 Å². The minimum atomic E-state index is -0.341. The fourth-order valence-corrected chi connectivity index (χ4v) is 3.00. The van der Waals surface area contributed by atoms with Crippen LogP contribution in [-0.2, 0) is 6.61 Å². The van der Waals surface area contributed by atoms with Crippen LogP contribution in [0, 0.1) is 0 Å². The Bertz CT molecular complexity index is 970. The van der Waals surface area contributed by atoms with Crippen molar-refractivity contribution < 1.29 is 14.3 Å². The predicted octanol–water partition coefficient (Wildman–Crippen LogP) is 4.11. The van der Waals surface area contributed by atoms with E-state index in [1.165, 1.54) is 0 Å². The number of hydrogen-bond donors (Lipinski definition) is 0. The van der Waals surface area contributed by atoms with Gasteiger partial charge in [0.05, 0.1) is 23.0 Å². The van der Waals surface area contributed by atoms with Crippen LogP contribution in [0.2, 0.25) is 5.02 Å². The Morgan fingerprint density at radius 2 is 1.69 bits per heavy atom. The molecule has 2 amide bonds. The Hall–Kier alpha value is -3.18. The Kier molecular flexibility index (Phi) is 4.14. The smallest absolute Gasteiger partial charge is 0.266 e. The number of nitrogens with zero attached hydrogens (tertiary/aromatic N) is 2. The lowest BCUT2D eigenvalue weighted by molar-refractivity contribution is 0.0926. The lowest BCUT2D eigenvalue weighted by atomic mass is 10.1. The molecule has 0 aliphatic carbocycles. The zero-order valence-electron chi connectivity index (χ0n) is 13.6. The summed E-state index contributed by atoms with van der Waals surface area (Å²) in [5.41, 5.74) is 1.94. The molecule has 2 heterocycles. The second-order valence-electron chi connectivity index (χ2n) is 5.74. The molecule has 0 radical (unpaired) electrons. The van der Waals surface area contributed by atoms with E-state index in [9.17, 15) is 9.59 Å². The number of aromatic nitrogens is 1. The number of imide groups is 1. The van der Waals surface area contributed by atoms with Gasteiger partial charge in [0.2, 0.25) is 0 Å². The molecule has 1 aliphatic heterocycles. The van der Waals surface area contributed by atoms with Crippen LogP contribution in [-0.4, -0.2) is 16.8 Å². The summed E-state index contributed by atoms with van der Waals surface area (Å²) >= 11 is 6.25. The second-order valence-corrected chi connectivity index (χ2v) is 6.15. The maximum absolute atomic E-state index is 12.6. The van der Waals surface area contributed by atoms with Crippen LogP contribution >= 0.6 is 11.6 Å². The van der Waals surface area contributed by atoms with Crippen LogP contribution in [0.15, 0.2) is 67.0 Å². The SMILES string of the molecule is O=C1c2ccccc2C(=O)N1c1ccc(Cl)c(COc2cccnc2)c1. The van der Waals surface area contributed by atoms with Crippen LogP contribution in [0.1, 0.15) is 26.3 Å². The summed E-state index contributed by atoms with van der Waals surface area (Å²) in [5, 5.41) is 0.495. The van der Waals surface area contributed by atoms with Gasteiger partial charge in [0.1, 0.15) is 12.4 Å². The average Bonchev–Trinajstić information content (AvgIpc) is 2.93. The molecule has 1 aliphatic rings. The van der Waals surface area contributed by atoms with Gasteiger partial charge in [-0.25, -0.2) is 4.90 Å². The number of anilines is 1. The van der Waals surface area contributed by atoms with Gasteiger partial charge in [-0.05, 0) is 42.5 Å². The van der Waals surface area contributed by atoms with E-state index in [-0.39, 0.29) is 18.4 Å². The Morgan fingerprint density at radius 1 is 0.962 bits per heavy atom. The molecule has 0 saturated carbocycles. The van der Waals surface area contributed by atoms with E-state index in [2.05, 4.69) is 4.98 Å². The van der Waals surface area contributed by atoms with E-state index in [1.54, 1.807) is 67.0 Å². The summed E-state index contributed by atoms with van der Waals surface area (Å²) in [6.07, 6.45) is 3.25. The summed E-state index contributed by atoms with van der Waals surface area (Å²) in [5.74, 6) is -0.0752. The highest BCUT2D eigenvalue weighted by Crippen LogP contribution is 2.31. The third-order valence-electron chi connectivity index (χ3n) is 4.11. The number of hydrogen-bond acceptors (Lipinski definition) is 4. The van der Waals surface area contributed by atoms with Crippen LogP contribution in [0.3, 0.4) is 0 Å². The number of rotatable bonds is 4. The molecule has 0 fully saturated rings. The molecule has 128 valence electrons. The number of pyridine rings is 1. The van der Waals surface area contributed by atoms with Gasteiger partial charge in [-0.3, -0.25) is 14.6 Å². The molecule has 4 rings (SSSR count).